The normalized spacial score (nSPS) is 12.0. The quantitative estimate of drug-likeness (QED) is 0.299. The summed E-state index contributed by atoms with van der Waals surface area (Å²) in [6.45, 7) is 8.45. The Morgan fingerprint density at radius 1 is 1.18 bits per heavy atom. The van der Waals surface area contributed by atoms with Crippen LogP contribution in [0.4, 0.5) is 0 Å². The second kappa shape index (κ2) is 9.50. The number of ether oxygens (including phenoxy) is 1. The summed E-state index contributed by atoms with van der Waals surface area (Å²) < 4.78 is 8.02. The minimum absolute atomic E-state index is 0.333. The Hall–Kier alpha value is -1.95. The fourth-order valence-corrected chi connectivity index (χ4v) is 4.02. The maximum absolute atomic E-state index is 6.22. The first-order valence-corrected chi connectivity index (χ1v) is 10.6. The molecule has 146 valence electrons. The molecule has 7 heteroatoms. The molecule has 0 fully saturated rings. The predicted molar refractivity (Wildman–Crippen MR) is 116 cm³/mol. The number of thioether (sulfide) groups is 1. The average Bonchev–Trinajstić information content (AvgIpc) is 3.07. The SMILES string of the molecule is C=CCn1c(SCc2ccc(C)cc2)nnc1C(C)Oc1ccc(Cl)cc1Cl. The molecule has 0 aliphatic heterocycles. The van der Waals surface area contributed by atoms with Gasteiger partial charge in [-0.1, -0.05) is 70.9 Å². The Labute approximate surface area is 179 Å². The van der Waals surface area contributed by atoms with Gasteiger partial charge in [0.25, 0.3) is 0 Å². The number of allylic oxidation sites excluding steroid dienone is 1. The number of hydrogen-bond donors (Lipinski definition) is 0. The van der Waals surface area contributed by atoms with Crippen molar-refractivity contribution in [3.63, 3.8) is 0 Å². The average molecular weight is 434 g/mol. The summed E-state index contributed by atoms with van der Waals surface area (Å²) in [6.07, 6.45) is 1.49. The Kier molecular flexibility index (Phi) is 7.05. The summed E-state index contributed by atoms with van der Waals surface area (Å²) in [5.41, 5.74) is 2.49. The van der Waals surface area contributed by atoms with Crippen LogP contribution in [0.15, 0.2) is 60.3 Å². The lowest BCUT2D eigenvalue weighted by Gasteiger charge is -2.16. The molecular formula is C21H21Cl2N3OS. The van der Waals surface area contributed by atoms with E-state index in [1.807, 2.05) is 17.6 Å². The van der Waals surface area contributed by atoms with Gasteiger partial charge in [-0.15, -0.1) is 16.8 Å². The molecular weight excluding hydrogens is 413 g/mol. The molecule has 0 aliphatic rings. The largest absolute Gasteiger partial charge is 0.481 e. The van der Waals surface area contributed by atoms with Crippen LogP contribution in [0.3, 0.4) is 0 Å². The fraction of sp³-hybridized carbons (Fsp3) is 0.238. The van der Waals surface area contributed by atoms with E-state index in [4.69, 9.17) is 27.9 Å². The first-order chi connectivity index (χ1) is 13.5. The number of aryl methyl sites for hydroxylation is 1. The summed E-state index contributed by atoms with van der Waals surface area (Å²) in [4.78, 5) is 0. The highest BCUT2D eigenvalue weighted by Crippen LogP contribution is 2.32. The van der Waals surface area contributed by atoms with E-state index < -0.39 is 0 Å². The molecule has 0 saturated carbocycles. The van der Waals surface area contributed by atoms with Crippen molar-refractivity contribution in [2.45, 2.75) is 37.4 Å². The lowest BCUT2D eigenvalue weighted by atomic mass is 10.2. The zero-order valence-electron chi connectivity index (χ0n) is 15.7. The number of benzene rings is 2. The highest BCUT2D eigenvalue weighted by atomic mass is 35.5. The van der Waals surface area contributed by atoms with E-state index in [0.717, 1.165) is 16.7 Å². The van der Waals surface area contributed by atoms with E-state index in [-0.39, 0.29) is 6.10 Å². The van der Waals surface area contributed by atoms with Gasteiger partial charge in [0.1, 0.15) is 5.75 Å². The minimum atomic E-state index is -0.333. The lowest BCUT2D eigenvalue weighted by Crippen LogP contribution is -2.12. The third kappa shape index (κ3) is 5.10. The fourth-order valence-electron chi connectivity index (χ4n) is 2.65. The molecule has 1 atom stereocenters. The van der Waals surface area contributed by atoms with E-state index in [1.54, 1.807) is 30.0 Å². The molecule has 0 aliphatic carbocycles. The molecule has 0 spiro atoms. The Morgan fingerprint density at radius 3 is 2.61 bits per heavy atom. The smallest absolute Gasteiger partial charge is 0.191 e. The zero-order valence-corrected chi connectivity index (χ0v) is 18.1. The van der Waals surface area contributed by atoms with E-state index in [1.165, 1.54) is 11.1 Å². The number of rotatable bonds is 8. The van der Waals surface area contributed by atoms with E-state index >= 15 is 0 Å². The maximum Gasteiger partial charge on any atom is 0.191 e. The van der Waals surface area contributed by atoms with E-state index in [0.29, 0.717) is 22.3 Å². The van der Waals surface area contributed by atoms with Gasteiger partial charge in [-0.25, -0.2) is 0 Å². The number of hydrogen-bond acceptors (Lipinski definition) is 4. The van der Waals surface area contributed by atoms with Crippen molar-refractivity contribution in [2.24, 2.45) is 0 Å². The molecule has 3 aromatic rings. The van der Waals surface area contributed by atoms with Crippen molar-refractivity contribution in [3.8, 4) is 5.75 Å². The third-order valence-electron chi connectivity index (χ3n) is 4.11. The van der Waals surface area contributed by atoms with Crippen LogP contribution < -0.4 is 4.74 Å². The molecule has 0 N–H and O–H groups in total. The van der Waals surface area contributed by atoms with Crippen LogP contribution in [-0.2, 0) is 12.3 Å². The van der Waals surface area contributed by atoms with Gasteiger partial charge in [0, 0.05) is 17.3 Å². The molecule has 1 heterocycles. The monoisotopic (exact) mass is 433 g/mol. The van der Waals surface area contributed by atoms with Crippen molar-refractivity contribution in [1.82, 2.24) is 14.8 Å². The van der Waals surface area contributed by atoms with E-state index in [2.05, 4.69) is 48.0 Å². The minimum Gasteiger partial charge on any atom is -0.481 e. The van der Waals surface area contributed by atoms with Crippen LogP contribution in [-0.4, -0.2) is 14.8 Å². The van der Waals surface area contributed by atoms with Crippen molar-refractivity contribution in [3.05, 3.63) is 82.1 Å². The van der Waals surface area contributed by atoms with Gasteiger partial charge < -0.3 is 4.74 Å². The van der Waals surface area contributed by atoms with Gasteiger partial charge in [-0.3, -0.25) is 4.57 Å². The molecule has 0 saturated heterocycles. The van der Waals surface area contributed by atoms with Crippen LogP contribution in [0.5, 0.6) is 5.75 Å². The molecule has 4 nitrogen and oxygen atoms in total. The first-order valence-electron chi connectivity index (χ1n) is 8.82. The highest BCUT2D eigenvalue weighted by molar-refractivity contribution is 7.98. The summed E-state index contributed by atoms with van der Waals surface area (Å²) in [7, 11) is 0. The number of nitrogens with zero attached hydrogens (tertiary/aromatic N) is 3. The van der Waals surface area contributed by atoms with E-state index in [9.17, 15) is 0 Å². The van der Waals surface area contributed by atoms with Crippen LogP contribution in [0, 0.1) is 6.92 Å². The molecule has 28 heavy (non-hydrogen) atoms. The standard InChI is InChI=1S/C21H21Cl2N3OS/c1-4-11-26-20(15(3)27-19-10-9-17(22)12-18(19)23)24-25-21(26)28-13-16-7-5-14(2)6-8-16/h4-10,12,15H,1,11,13H2,2-3H3. The maximum atomic E-state index is 6.22. The van der Waals surface area contributed by atoms with Crippen molar-refractivity contribution in [1.29, 1.82) is 0 Å². The highest BCUT2D eigenvalue weighted by Gasteiger charge is 2.20. The molecule has 3 rings (SSSR count). The summed E-state index contributed by atoms with van der Waals surface area (Å²) >= 11 is 13.8. The summed E-state index contributed by atoms with van der Waals surface area (Å²) in [5, 5.41) is 10.6. The molecule has 1 aromatic heterocycles. The van der Waals surface area contributed by atoms with Gasteiger partial charge in [0.15, 0.2) is 17.1 Å². The number of halogens is 2. The Bertz CT molecular complexity index is 957. The van der Waals surface area contributed by atoms with Gasteiger partial charge in [0.05, 0.1) is 5.02 Å². The summed E-state index contributed by atoms with van der Waals surface area (Å²) in [5.74, 6) is 2.09. The molecule has 2 aromatic carbocycles. The van der Waals surface area contributed by atoms with Crippen LogP contribution >= 0.6 is 35.0 Å². The topological polar surface area (TPSA) is 39.9 Å². The molecule has 1 unspecified atom stereocenters. The Morgan fingerprint density at radius 2 is 1.93 bits per heavy atom. The predicted octanol–water partition coefficient (Wildman–Crippen LogP) is 6.51. The zero-order chi connectivity index (χ0) is 20.1. The molecule has 0 amide bonds. The first kappa shape index (κ1) is 20.8. The van der Waals surface area contributed by atoms with Crippen LogP contribution in [0.1, 0.15) is 30.0 Å². The summed E-state index contributed by atoms with van der Waals surface area (Å²) in [6, 6.07) is 13.6. The molecule has 0 bridgehead atoms. The Balaban J connectivity index is 1.77. The third-order valence-corrected chi connectivity index (χ3v) is 5.68. The van der Waals surface area contributed by atoms with Crippen molar-refractivity contribution >= 4 is 35.0 Å². The van der Waals surface area contributed by atoms with Crippen LogP contribution in [0.25, 0.3) is 0 Å². The van der Waals surface area contributed by atoms with Gasteiger partial charge in [-0.05, 0) is 37.6 Å². The second-order valence-corrected chi connectivity index (χ2v) is 8.14. The van der Waals surface area contributed by atoms with Gasteiger partial charge in [-0.2, -0.15) is 0 Å². The van der Waals surface area contributed by atoms with Crippen LogP contribution in [0.2, 0.25) is 10.0 Å². The van der Waals surface area contributed by atoms with Gasteiger partial charge in [0.2, 0.25) is 0 Å². The second-order valence-electron chi connectivity index (χ2n) is 6.35. The lowest BCUT2D eigenvalue weighted by molar-refractivity contribution is 0.210. The van der Waals surface area contributed by atoms with Gasteiger partial charge >= 0.3 is 0 Å². The van der Waals surface area contributed by atoms with Crippen molar-refractivity contribution < 1.29 is 4.74 Å². The van der Waals surface area contributed by atoms with Crippen molar-refractivity contribution in [2.75, 3.05) is 0 Å². The molecule has 0 radical (unpaired) electrons. The number of aromatic nitrogens is 3.